The molecule has 5 nitrogen and oxygen atoms in total. The van der Waals surface area contributed by atoms with Crippen LogP contribution in [0.15, 0.2) is 18.2 Å². The van der Waals surface area contributed by atoms with Crippen molar-refractivity contribution in [1.82, 2.24) is 5.32 Å². The molecule has 0 aliphatic carbocycles. The van der Waals surface area contributed by atoms with Gasteiger partial charge in [-0.15, -0.1) is 0 Å². The molecule has 0 saturated carbocycles. The number of hydrogen-bond donors (Lipinski definition) is 2. The molecule has 5 heteroatoms. The van der Waals surface area contributed by atoms with Crippen LogP contribution in [0.3, 0.4) is 0 Å². The number of benzene rings is 1. The fourth-order valence-electron chi connectivity index (χ4n) is 2.03. The Balaban J connectivity index is 2.06. The zero-order valence-electron chi connectivity index (χ0n) is 11.1. The van der Waals surface area contributed by atoms with Crippen molar-refractivity contribution in [2.45, 2.75) is 25.8 Å². The van der Waals surface area contributed by atoms with Crippen LogP contribution in [-0.2, 0) is 0 Å². The first-order chi connectivity index (χ1) is 9.24. The Morgan fingerprint density at radius 2 is 2.11 bits per heavy atom. The summed E-state index contributed by atoms with van der Waals surface area (Å²) in [6.07, 6.45) is 1.65. The Labute approximate surface area is 113 Å². The maximum absolute atomic E-state index is 12.1. The summed E-state index contributed by atoms with van der Waals surface area (Å²) >= 11 is 0. The SMILES string of the molecule is CCC(CCN)NC(=O)c1ccc2c(c1)OCCO2. The number of ether oxygens (including phenoxy) is 2. The van der Waals surface area contributed by atoms with Crippen molar-refractivity contribution in [1.29, 1.82) is 0 Å². The first-order valence-electron chi connectivity index (χ1n) is 6.65. The van der Waals surface area contributed by atoms with Crippen molar-refractivity contribution in [2.75, 3.05) is 19.8 Å². The second-order valence-electron chi connectivity index (χ2n) is 4.51. The molecule has 3 N–H and O–H groups in total. The number of carbonyl (C=O) groups is 1. The Bertz CT molecular complexity index is 448. The van der Waals surface area contributed by atoms with E-state index in [0.717, 1.165) is 12.8 Å². The third kappa shape index (κ3) is 3.38. The van der Waals surface area contributed by atoms with Gasteiger partial charge in [-0.05, 0) is 37.6 Å². The average Bonchev–Trinajstić information content (AvgIpc) is 2.46. The summed E-state index contributed by atoms with van der Waals surface area (Å²) < 4.78 is 10.9. The van der Waals surface area contributed by atoms with Gasteiger partial charge in [-0.25, -0.2) is 0 Å². The van der Waals surface area contributed by atoms with E-state index in [-0.39, 0.29) is 11.9 Å². The second kappa shape index (κ2) is 6.43. The van der Waals surface area contributed by atoms with Gasteiger partial charge in [0, 0.05) is 11.6 Å². The normalized spacial score (nSPS) is 14.8. The van der Waals surface area contributed by atoms with E-state index in [4.69, 9.17) is 15.2 Å². The van der Waals surface area contributed by atoms with E-state index in [9.17, 15) is 4.79 Å². The molecular weight excluding hydrogens is 244 g/mol. The van der Waals surface area contributed by atoms with Gasteiger partial charge in [-0.2, -0.15) is 0 Å². The van der Waals surface area contributed by atoms with Gasteiger partial charge < -0.3 is 20.5 Å². The highest BCUT2D eigenvalue weighted by Gasteiger charge is 2.16. The van der Waals surface area contributed by atoms with Crippen molar-refractivity contribution in [3.8, 4) is 11.5 Å². The number of nitrogens with two attached hydrogens (primary N) is 1. The fourth-order valence-corrected chi connectivity index (χ4v) is 2.03. The number of fused-ring (bicyclic) bond motifs is 1. The van der Waals surface area contributed by atoms with Crippen LogP contribution in [0.25, 0.3) is 0 Å². The van der Waals surface area contributed by atoms with Gasteiger partial charge >= 0.3 is 0 Å². The quantitative estimate of drug-likeness (QED) is 0.841. The molecule has 1 aliphatic rings. The van der Waals surface area contributed by atoms with E-state index >= 15 is 0 Å². The largest absolute Gasteiger partial charge is 0.486 e. The Hall–Kier alpha value is -1.75. The molecule has 1 aliphatic heterocycles. The van der Waals surface area contributed by atoms with E-state index in [0.29, 0.717) is 36.8 Å². The zero-order valence-corrected chi connectivity index (χ0v) is 11.1. The van der Waals surface area contributed by atoms with Crippen LogP contribution in [0, 0.1) is 0 Å². The number of carbonyl (C=O) groups excluding carboxylic acids is 1. The van der Waals surface area contributed by atoms with Gasteiger partial charge in [0.2, 0.25) is 0 Å². The summed E-state index contributed by atoms with van der Waals surface area (Å²) in [5, 5.41) is 2.98. The van der Waals surface area contributed by atoms with Crippen molar-refractivity contribution >= 4 is 5.91 Å². The van der Waals surface area contributed by atoms with E-state index in [1.807, 2.05) is 6.92 Å². The predicted molar refractivity (Wildman–Crippen MR) is 72.6 cm³/mol. The summed E-state index contributed by atoms with van der Waals surface area (Å²) in [6.45, 7) is 3.67. The van der Waals surface area contributed by atoms with Crippen molar-refractivity contribution in [3.05, 3.63) is 23.8 Å². The molecule has 19 heavy (non-hydrogen) atoms. The van der Waals surface area contributed by atoms with Crippen LogP contribution in [-0.4, -0.2) is 31.7 Å². The number of nitrogens with one attached hydrogen (secondary N) is 1. The summed E-state index contributed by atoms with van der Waals surface area (Å²) in [7, 11) is 0. The standard InChI is InChI=1S/C14H20N2O3/c1-2-11(5-6-15)16-14(17)10-3-4-12-13(9-10)19-8-7-18-12/h3-4,9,11H,2,5-8,15H2,1H3,(H,16,17). The molecule has 1 amide bonds. The van der Waals surface area contributed by atoms with Crippen LogP contribution in [0.5, 0.6) is 11.5 Å². The van der Waals surface area contributed by atoms with Gasteiger partial charge in [-0.3, -0.25) is 4.79 Å². The molecule has 1 aromatic rings. The molecule has 0 bridgehead atoms. The van der Waals surface area contributed by atoms with Crippen LogP contribution in [0.4, 0.5) is 0 Å². The minimum atomic E-state index is -0.0997. The molecule has 0 spiro atoms. The highest BCUT2D eigenvalue weighted by molar-refractivity contribution is 5.95. The minimum Gasteiger partial charge on any atom is -0.486 e. The van der Waals surface area contributed by atoms with Gasteiger partial charge in [0.25, 0.3) is 5.91 Å². The first-order valence-corrected chi connectivity index (χ1v) is 6.65. The molecule has 0 saturated heterocycles. The second-order valence-corrected chi connectivity index (χ2v) is 4.51. The monoisotopic (exact) mass is 264 g/mol. The lowest BCUT2D eigenvalue weighted by Gasteiger charge is -2.20. The lowest BCUT2D eigenvalue weighted by Crippen LogP contribution is -2.35. The Morgan fingerprint density at radius 1 is 1.37 bits per heavy atom. The highest BCUT2D eigenvalue weighted by atomic mass is 16.6. The van der Waals surface area contributed by atoms with Crippen LogP contribution < -0.4 is 20.5 Å². The van der Waals surface area contributed by atoms with Crippen molar-refractivity contribution in [2.24, 2.45) is 5.73 Å². The van der Waals surface area contributed by atoms with Crippen molar-refractivity contribution in [3.63, 3.8) is 0 Å². The summed E-state index contributed by atoms with van der Waals surface area (Å²) in [4.78, 5) is 12.1. The Morgan fingerprint density at radius 3 is 2.79 bits per heavy atom. The first kappa shape index (κ1) is 13.7. The van der Waals surface area contributed by atoms with Crippen LogP contribution in [0.2, 0.25) is 0 Å². The van der Waals surface area contributed by atoms with Crippen LogP contribution in [0.1, 0.15) is 30.1 Å². The summed E-state index contributed by atoms with van der Waals surface area (Å²) in [5.74, 6) is 1.22. The number of amides is 1. The molecule has 0 fully saturated rings. The van der Waals surface area contributed by atoms with Gasteiger partial charge in [-0.1, -0.05) is 6.92 Å². The topological polar surface area (TPSA) is 73.6 Å². The number of rotatable bonds is 5. The lowest BCUT2D eigenvalue weighted by atomic mass is 10.1. The molecule has 0 radical (unpaired) electrons. The molecular formula is C14H20N2O3. The third-order valence-electron chi connectivity index (χ3n) is 3.15. The molecule has 1 atom stereocenters. The Kier molecular flexibility index (Phi) is 4.63. The fraction of sp³-hybridized carbons (Fsp3) is 0.500. The van der Waals surface area contributed by atoms with Crippen molar-refractivity contribution < 1.29 is 14.3 Å². The highest BCUT2D eigenvalue weighted by Crippen LogP contribution is 2.30. The average molecular weight is 264 g/mol. The summed E-state index contributed by atoms with van der Waals surface area (Å²) in [6, 6.07) is 5.36. The molecule has 104 valence electrons. The maximum Gasteiger partial charge on any atom is 0.251 e. The van der Waals surface area contributed by atoms with E-state index in [1.54, 1.807) is 18.2 Å². The molecule has 0 aromatic heterocycles. The predicted octanol–water partition coefficient (Wildman–Crippen LogP) is 1.31. The molecule has 1 heterocycles. The maximum atomic E-state index is 12.1. The summed E-state index contributed by atoms with van der Waals surface area (Å²) in [5.41, 5.74) is 6.11. The van der Waals surface area contributed by atoms with Gasteiger partial charge in [0.05, 0.1) is 0 Å². The molecule has 1 unspecified atom stereocenters. The van der Waals surface area contributed by atoms with Gasteiger partial charge in [0.1, 0.15) is 13.2 Å². The lowest BCUT2D eigenvalue weighted by molar-refractivity contribution is 0.0933. The van der Waals surface area contributed by atoms with E-state index in [1.165, 1.54) is 0 Å². The number of hydrogen-bond acceptors (Lipinski definition) is 4. The molecule has 2 rings (SSSR count). The van der Waals surface area contributed by atoms with Gasteiger partial charge in [0.15, 0.2) is 11.5 Å². The van der Waals surface area contributed by atoms with E-state index < -0.39 is 0 Å². The van der Waals surface area contributed by atoms with Crippen LogP contribution >= 0.6 is 0 Å². The molecule has 1 aromatic carbocycles. The minimum absolute atomic E-state index is 0.0997. The van der Waals surface area contributed by atoms with E-state index in [2.05, 4.69) is 5.32 Å². The zero-order chi connectivity index (χ0) is 13.7. The smallest absolute Gasteiger partial charge is 0.251 e. The third-order valence-corrected chi connectivity index (χ3v) is 3.15.